The molecule has 0 aliphatic heterocycles. The van der Waals surface area contributed by atoms with Crippen LogP contribution in [0.1, 0.15) is 97.9 Å². The Bertz CT molecular complexity index is 2260. The maximum atomic E-state index is 12.7. The average molecular weight is 1000 g/mol. The zero-order valence-electron chi connectivity index (χ0n) is 37.3. The van der Waals surface area contributed by atoms with Crippen molar-refractivity contribution in [2.45, 2.75) is 98.6 Å². The molecule has 0 radical (unpaired) electrons. The van der Waals surface area contributed by atoms with Crippen molar-refractivity contribution in [2.24, 2.45) is 0 Å². The first-order valence-electron chi connectivity index (χ1n) is 19.1. The Morgan fingerprint density at radius 1 is 0.344 bits per heavy atom. The van der Waals surface area contributed by atoms with Crippen molar-refractivity contribution in [3.8, 4) is 23.0 Å². The summed E-state index contributed by atoms with van der Waals surface area (Å²) >= 11 is 0. The summed E-state index contributed by atoms with van der Waals surface area (Å²) in [5.74, 6) is 0.162. The Kier molecular flexibility index (Phi) is 25.2. The molecule has 4 aromatic carbocycles. The zero-order valence-corrected chi connectivity index (χ0v) is 48.5. The van der Waals surface area contributed by atoms with E-state index in [1.165, 1.54) is 0 Å². The van der Waals surface area contributed by atoms with Crippen LogP contribution in [-0.2, 0) is 66.2 Å². The van der Waals surface area contributed by atoms with E-state index in [9.17, 15) is 51.9 Å². The maximum absolute atomic E-state index is 12.7. The molecule has 0 fully saturated rings. The summed E-state index contributed by atoms with van der Waals surface area (Å²) in [6.07, 6.45) is 0.179. The van der Waals surface area contributed by atoms with E-state index < -0.39 is 85.7 Å². The predicted octanol–water partition coefficient (Wildman–Crippen LogP) is -6.85. The topological polar surface area (TPSA) is 266 Å². The number of benzene rings is 4. The second kappa shape index (κ2) is 26.1. The molecule has 328 valence electrons. The monoisotopic (exact) mass is 1000 g/mol. The molecule has 64 heavy (non-hydrogen) atoms. The van der Waals surface area contributed by atoms with E-state index in [0.717, 1.165) is 48.5 Å². The molecule has 24 heteroatoms. The van der Waals surface area contributed by atoms with Crippen molar-refractivity contribution >= 4 is 40.5 Å². The Balaban J connectivity index is 0.00000512. The van der Waals surface area contributed by atoms with Crippen molar-refractivity contribution < 1.29 is 189 Å². The SMILES string of the molecule is CCCOc1c2cc(S(=O)(=O)[O-])cc1Cc1cc(S(=O)(=O)[O-])cc(c1OCCC)Cc1cc(S(=O)(=O)[O-])cc(c1OCCC)Cc1cc(S(=O)(=O)[O-])cc(c1OCCC)C2.[Na+].[Na+].[Na+].[Na+]. The van der Waals surface area contributed by atoms with Gasteiger partial charge in [0.2, 0.25) is 0 Å². The fourth-order valence-electron chi connectivity index (χ4n) is 6.90. The molecular weight excluding hydrogens is 957 g/mol. The van der Waals surface area contributed by atoms with Crippen molar-refractivity contribution in [2.75, 3.05) is 26.4 Å². The maximum Gasteiger partial charge on any atom is 1.00 e. The van der Waals surface area contributed by atoms with Gasteiger partial charge in [-0.25, -0.2) is 33.7 Å². The van der Waals surface area contributed by atoms with Crippen LogP contribution >= 0.6 is 0 Å². The first kappa shape index (κ1) is 61.7. The average Bonchev–Trinajstić information content (AvgIpc) is 3.14. The minimum absolute atomic E-state index is 0. The van der Waals surface area contributed by atoms with E-state index in [2.05, 4.69) is 0 Å². The molecule has 1 aliphatic rings. The summed E-state index contributed by atoms with van der Waals surface area (Å²) in [4.78, 5) is -2.87. The van der Waals surface area contributed by atoms with Gasteiger partial charge in [0.15, 0.2) is 0 Å². The summed E-state index contributed by atoms with van der Waals surface area (Å²) in [6, 6.07) is 8.38. The van der Waals surface area contributed by atoms with Gasteiger partial charge < -0.3 is 37.2 Å². The number of hydrogen-bond acceptors (Lipinski definition) is 16. The number of hydrogen-bond donors (Lipinski definition) is 0. The quantitative estimate of drug-likeness (QED) is 0.0657. The summed E-state index contributed by atoms with van der Waals surface area (Å²) in [5.41, 5.74) is 0.280. The molecule has 0 heterocycles. The van der Waals surface area contributed by atoms with Gasteiger partial charge >= 0.3 is 118 Å². The van der Waals surface area contributed by atoms with Gasteiger partial charge in [-0.15, -0.1) is 0 Å². The second-order valence-corrected chi connectivity index (χ2v) is 19.7. The number of fused-ring (bicyclic) bond motifs is 8. The van der Waals surface area contributed by atoms with E-state index in [4.69, 9.17) is 18.9 Å². The third-order valence-corrected chi connectivity index (χ3v) is 12.6. The molecule has 16 nitrogen and oxygen atoms in total. The smallest absolute Gasteiger partial charge is 0.744 e. The summed E-state index contributed by atoms with van der Waals surface area (Å²) in [6.45, 7) is 7.41. The van der Waals surface area contributed by atoms with E-state index in [-0.39, 0.29) is 212 Å². The first-order valence-corrected chi connectivity index (χ1v) is 24.7. The molecule has 0 amide bonds. The molecule has 5 rings (SSSR count). The molecular formula is C40H44Na4O16S4. The summed E-state index contributed by atoms with van der Waals surface area (Å²) < 4.78 is 178. The molecule has 1 aliphatic carbocycles. The molecule has 0 spiro atoms. The van der Waals surface area contributed by atoms with Crippen molar-refractivity contribution in [1.82, 2.24) is 0 Å². The van der Waals surface area contributed by atoms with Crippen LogP contribution in [0.2, 0.25) is 0 Å². The molecule has 0 saturated carbocycles. The van der Waals surface area contributed by atoms with Gasteiger partial charge in [-0.3, -0.25) is 0 Å². The normalized spacial score (nSPS) is 12.6. The zero-order chi connectivity index (χ0) is 44.2. The molecule has 0 atom stereocenters. The van der Waals surface area contributed by atoms with Crippen LogP contribution in [0.15, 0.2) is 68.1 Å². The van der Waals surface area contributed by atoms with E-state index in [1.54, 1.807) is 27.7 Å². The molecule has 4 aromatic rings. The van der Waals surface area contributed by atoms with E-state index >= 15 is 0 Å². The Hall–Kier alpha value is -0.280. The van der Waals surface area contributed by atoms with E-state index in [0.29, 0.717) is 25.7 Å². The Labute approximate surface area is 464 Å². The van der Waals surface area contributed by atoms with Gasteiger partial charge in [-0.05, 0) is 74.2 Å². The summed E-state index contributed by atoms with van der Waals surface area (Å²) in [7, 11) is -20.8. The van der Waals surface area contributed by atoms with Crippen LogP contribution in [0, 0.1) is 0 Å². The molecule has 8 bridgehead atoms. The van der Waals surface area contributed by atoms with Crippen molar-refractivity contribution in [3.05, 3.63) is 93.0 Å². The molecule has 0 aromatic heterocycles. The first-order chi connectivity index (χ1) is 28.1. The van der Waals surface area contributed by atoms with Gasteiger partial charge in [-0.1, -0.05) is 27.7 Å². The van der Waals surface area contributed by atoms with Gasteiger partial charge in [0.1, 0.15) is 63.5 Å². The predicted molar refractivity (Wildman–Crippen MR) is 212 cm³/mol. The van der Waals surface area contributed by atoms with Crippen LogP contribution in [-0.4, -0.2) is 78.3 Å². The van der Waals surface area contributed by atoms with Crippen LogP contribution in [0.3, 0.4) is 0 Å². The number of ether oxygens (including phenoxy) is 4. The molecule has 0 unspecified atom stereocenters. The van der Waals surface area contributed by atoms with Gasteiger partial charge in [0.05, 0.1) is 46.0 Å². The van der Waals surface area contributed by atoms with Crippen LogP contribution in [0.5, 0.6) is 23.0 Å². The van der Waals surface area contributed by atoms with Gasteiger partial charge in [0.25, 0.3) is 0 Å². The van der Waals surface area contributed by atoms with E-state index in [1.807, 2.05) is 0 Å². The third-order valence-electron chi connectivity index (χ3n) is 9.35. The van der Waals surface area contributed by atoms with Crippen molar-refractivity contribution in [3.63, 3.8) is 0 Å². The minimum Gasteiger partial charge on any atom is -0.744 e. The Morgan fingerprint density at radius 2 is 0.484 bits per heavy atom. The fraction of sp³-hybridized carbons (Fsp3) is 0.400. The van der Waals surface area contributed by atoms with Gasteiger partial charge in [0, 0.05) is 70.2 Å². The standard InChI is InChI=1S/C40H48O16S4.4Na/c1-5-9-53-37-25-13-27-19-34(58(44,45)46)21-29(38(27)54-10-6-2)15-31-23-36(60(50,51)52)24-32(40(31)56-12-8-4)16-30-22-35(59(47,48)49)20-28(39(30)55-11-7-3)14-26(37)18-33(17-25)57(41,42)43;;;;/h17-24H,5-16H2,1-4H3,(H,41,42,43)(H,44,45,46)(H,47,48,49)(H,50,51,52);;;;/q;4*+1/p-4. The largest absolute Gasteiger partial charge is 1.00 e. The fourth-order valence-corrected chi connectivity index (χ4v) is 9.19. The molecule has 0 N–H and O–H groups in total. The number of rotatable bonds is 16. The second-order valence-electron chi connectivity index (χ2n) is 14.2. The van der Waals surface area contributed by atoms with Crippen LogP contribution in [0.25, 0.3) is 0 Å². The Morgan fingerprint density at radius 3 is 0.594 bits per heavy atom. The minimum atomic E-state index is -5.21. The van der Waals surface area contributed by atoms with Crippen LogP contribution < -0.4 is 137 Å². The summed E-state index contributed by atoms with van der Waals surface area (Å²) in [5, 5.41) is 0. The van der Waals surface area contributed by atoms with Crippen molar-refractivity contribution in [1.29, 1.82) is 0 Å². The third kappa shape index (κ3) is 15.9. The van der Waals surface area contributed by atoms with Gasteiger partial charge in [-0.2, -0.15) is 0 Å². The van der Waals surface area contributed by atoms with Crippen LogP contribution in [0.4, 0.5) is 0 Å². The molecule has 0 saturated heterocycles.